The van der Waals surface area contributed by atoms with Crippen LogP contribution in [-0.2, 0) is 4.74 Å². The van der Waals surface area contributed by atoms with Gasteiger partial charge in [-0.25, -0.2) is 4.98 Å². The van der Waals surface area contributed by atoms with Gasteiger partial charge in [-0.3, -0.25) is 4.79 Å². The predicted octanol–water partition coefficient (Wildman–Crippen LogP) is 0.625. The minimum atomic E-state index is -0.753. The summed E-state index contributed by atoms with van der Waals surface area (Å²) in [4.78, 5) is 20.9. The molecule has 1 saturated carbocycles. The number of ether oxygens (including phenoxy) is 1. The van der Waals surface area contributed by atoms with Gasteiger partial charge in [0.05, 0.1) is 5.60 Å². The van der Waals surface area contributed by atoms with Gasteiger partial charge >= 0.3 is 0 Å². The third-order valence-corrected chi connectivity index (χ3v) is 4.06. The molecule has 0 unspecified atom stereocenters. The van der Waals surface area contributed by atoms with Crippen molar-refractivity contribution < 1.29 is 9.84 Å². The van der Waals surface area contributed by atoms with Gasteiger partial charge in [-0.15, -0.1) is 0 Å². The van der Waals surface area contributed by atoms with Gasteiger partial charge in [0.15, 0.2) is 0 Å². The van der Waals surface area contributed by atoms with Crippen LogP contribution in [0, 0.1) is 0 Å². The van der Waals surface area contributed by atoms with E-state index in [1.807, 2.05) is 11.9 Å². The van der Waals surface area contributed by atoms with E-state index >= 15 is 0 Å². The topological polar surface area (TPSA) is 78.5 Å². The Balaban J connectivity index is 1.76. The van der Waals surface area contributed by atoms with Gasteiger partial charge in [0.2, 0.25) is 0 Å². The number of aliphatic hydroxyl groups is 1. The standard InChI is InChI=1S/C14H21N3O3/c1-17(9-14(19)4-6-20-7-5-14)11-8-12(18)16-13(15-11)10-2-3-10/h8,10,19H,2-7,9H2,1H3,(H,15,16,18). The molecule has 6 nitrogen and oxygen atoms in total. The molecule has 20 heavy (non-hydrogen) atoms. The number of hydrogen-bond donors (Lipinski definition) is 2. The molecule has 1 aromatic rings. The van der Waals surface area contributed by atoms with Crippen LogP contribution in [0.25, 0.3) is 0 Å². The van der Waals surface area contributed by atoms with Crippen molar-refractivity contribution in [3.05, 3.63) is 22.2 Å². The zero-order valence-electron chi connectivity index (χ0n) is 11.8. The van der Waals surface area contributed by atoms with Crippen molar-refractivity contribution in [1.82, 2.24) is 9.97 Å². The lowest BCUT2D eigenvalue weighted by Gasteiger charge is -2.35. The van der Waals surface area contributed by atoms with Crippen molar-refractivity contribution in [2.45, 2.75) is 37.2 Å². The highest BCUT2D eigenvalue weighted by Gasteiger charge is 2.32. The Kier molecular flexibility index (Phi) is 3.52. The van der Waals surface area contributed by atoms with Gasteiger partial charge in [-0.05, 0) is 12.8 Å². The van der Waals surface area contributed by atoms with Crippen molar-refractivity contribution in [2.24, 2.45) is 0 Å². The van der Waals surface area contributed by atoms with Crippen molar-refractivity contribution >= 4 is 5.82 Å². The zero-order valence-corrected chi connectivity index (χ0v) is 11.8. The molecule has 1 saturated heterocycles. The first kappa shape index (κ1) is 13.6. The summed E-state index contributed by atoms with van der Waals surface area (Å²) in [5.41, 5.74) is -0.875. The maximum absolute atomic E-state index is 11.7. The number of H-pyrrole nitrogens is 1. The molecule has 2 fully saturated rings. The second-order valence-electron chi connectivity index (χ2n) is 5.96. The minimum absolute atomic E-state index is 0.122. The molecule has 0 radical (unpaired) electrons. The lowest BCUT2D eigenvalue weighted by Crippen LogP contribution is -2.46. The smallest absolute Gasteiger partial charge is 0.252 e. The van der Waals surface area contributed by atoms with E-state index in [2.05, 4.69) is 9.97 Å². The monoisotopic (exact) mass is 279 g/mol. The lowest BCUT2D eigenvalue weighted by atomic mass is 9.94. The molecule has 110 valence electrons. The van der Waals surface area contributed by atoms with Crippen LogP contribution in [-0.4, -0.2) is 47.5 Å². The van der Waals surface area contributed by atoms with Crippen LogP contribution >= 0.6 is 0 Å². The van der Waals surface area contributed by atoms with Gasteiger partial charge in [0.25, 0.3) is 5.56 Å². The van der Waals surface area contributed by atoms with Crippen LogP contribution < -0.4 is 10.5 Å². The van der Waals surface area contributed by atoms with Crippen molar-refractivity contribution in [1.29, 1.82) is 0 Å². The SMILES string of the molecule is CN(CC1(O)CCOCC1)c1cc(=O)[nH]c(C2CC2)n1. The molecular formula is C14H21N3O3. The molecule has 1 aliphatic carbocycles. The fourth-order valence-corrected chi connectivity index (χ4v) is 2.64. The number of likely N-dealkylation sites (N-methyl/N-ethyl adjacent to an activating group) is 1. The van der Waals surface area contributed by atoms with Gasteiger partial charge in [-0.2, -0.15) is 0 Å². The van der Waals surface area contributed by atoms with Gasteiger partial charge in [-0.1, -0.05) is 0 Å². The van der Waals surface area contributed by atoms with Crippen LogP contribution in [0.1, 0.15) is 37.4 Å². The Bertz CT molecular complexity index is 533. The fraction of sp³-hybridized carbons (Fsp3) is 0.714. The normalized spacial score (nSPS) is 21.7. The maximum Gasteiger partial charge on any atom is 0.252 e. The Hall–Kier alpha value is -1.40. The van der Waals surface area contributed by atoms with E-state index in [9.17, 15) is 9.90 Å². The summed E-state index contributed by atoms with van der Waals surface area (Å²) < 4.78 is 5.28. The summed E-state index contributed by atoms with van der Waals surface area (Å²) in [5.74, 6) is 1.82. The summed E-state index contributed by atoms with van der Waals surface area (Å²) in [6.45, 7) is 1.64. The minimum Gasteiger partial charge on any atom is -0.388 e. The molecule has 0 atom stereocenters. The highest BCUT2D eigenvalue weighted by atomic mass is 16.5. The average Bonchev–Trinajstić information content (AvgIpc) is 3.22. The first-order valence-electron chi connectivity index (χ1n) is 7.18. The summed E-state index contributed by atoms with van der Waals surface area (Å²) >= 11 is 0. The van der Waals surface area contributed by atoms with Crippen molar-refractivity contribution in [3.63, 3.8) is 0 Å². The highest BCUT2D eigenvalue weighted by Crippen LogP contribution is 2.38. The van der Waals surface area contributed by atoms with E-state index in [1.54, 1.807) is 0 Å². The summed E-state index contributed by atoms with van der Waals surface area (Å²) in [6.07, 6.45) is 3.43. The Labute approximate surface area is 117 Å². The number of nitrogens with one attached hydrogen (secondary N) is 1. The largest absolute Gasteiger partial charge is 0.388 e. The number of anilines is 1. The van der Waals surface area contributed by atoms with Crippen LogP contribution in [0.5, 0.6) is 0 Å². The van der Waals surface area contributed by atoms with Crippen LogP contribution in [0.3, 0.4) is 0 Å². The second-order valence-corrected chi connectivity index (χ2v) is 5.96. The highest BCUT2D eigenvalue weighted by molar-refractivity contribution is 5.37. The first-order chi connectivity index (χ1) is 9.56. The second kappa shape index (κ2) is 5.18. The third-order valence-electron chi connectivity index (χ3n) is 4.06. The number of hydrogen-bond acceptors (Lipinski definition) is 5. The molecule has 2 heterocycles. The van der Waals surface area contributed by atoms with Gasteiger partial charge < -0.3 is 19.7 Å². The van der Waals surface area contributed by atoms with Crippen LogP contribution in [0.4, 0.5) is 5.82 Å². The van der Waals surface area contributed by atoms with Crippen LogP contribution in [0.2, 0.25) is 0 Å². The van der Waals surface area contributed by atoms with E-state index in [0.29, 0.717) is 44.3 Å². The molecule has 0 bridgehead atoms. The fourth-order valence-electron chi connectivity index (χ4n) is 2.64. The average molecular weight is 279 g/mol. The van der Waals surface area contributed by atoms with Crippen molar-refractivity contribution in [3.8, 4) is 0 Å². The van der Waals surface area contributed by atoms with E-state index in [0.717, 1.165) is 18.7 Å². The van der Waals surface area contributed by atoms with E-state index in [1.165, 1.54) is 6.07 Å². The Morgan fingerprint density at radius 3 is 2.85 bits per heavy atom. The number of aromatic nitrogens is 2. The van der Waals surface area contributed by atoms with E-state index in [-0.39, 0.29) is 5.56 Å². The summed E-state index contributed by atoms with van der Waals surface area (Å²) in [7, 11) is 1.87. The molecule has 2 aliphatic rings. The summed E-state index contributed by atoms with van der Waals surface area (Å²) in [6, 6.07) is 1.49. The number of nitrogens with zero attached hydrogens (tertiary/aromatic N) is 2. The zero-order chi connectivity index (χ0) is 14.2. The third kappa shape index (κ3) is 3.02. The quantitative estimate of drug-likeness (QED) is 0.845. The molecular weight excluding hydrogens is 258 g/mol. The maximum atomic E-state index is 11.7. The van der Waals surface area contributed by atoms with Crippen molar-refractivity contribution in [2.75, 3.05) is 31.7 Å². The number of rotatable bonds is 4. The molecule has 0 spiro atoms. The Morgan fingerprint density at radius 2 is 2.20 bits per heavy atom. The van der Waals surface area contributed by atoms with Gasteiger partial charge in [0, 0.05) is 51.6 Å². The molecule has 2 N–H and O–H groups in total. The van der Waals surface area contributed by atoms with Crippen LogP contribution in [0.15, 0.2) is 10.9 Å². The summed E-state index contributed by atoms with van der Waals surface area (Å²) in [5, 5.41) is 10.5. The molecule has 1 aliphatic heterocycles. The number of aromatic amines is 1. The lowest BCUT2D eigenvalue weighted by molar-refractivity contribution is -0.0573. The molecule has 0 amide bonds. The Morgan fingerprint density at radius 1 is 1.50 bits per heavy atom. The predicted molar refractivity (Wildman–Crippen MR) is 75.1 cm³/mol. The first-order valence-corrected chi connectivity index (χ1v) is 7.18. The molecule has 0 aromatic carbocycles. The van der Waals surface area contributed by atoms with E-state index < -0.39 is 5.60 Å². The van der Waals surface area contributed by atoms with E-state index in [4.69, 9.17) is 4.74 Å². The van der Waals surface area contributed by atoms with Gasteiger partial charge in [0.1, 0.15) is 11.6 Å². The molecule has 1 aromatic heterocycles. The molecule has 3 rings (SSSR count). The molecule has 6 heteroatoms.